The van der Waals surface area contributed by atoms with Crippen molar-refractivity contribution in [1.29, 1.82) is 0 Å². The van der Waals surface area contributed by atoms with Crippen LogP contribution in [0.5, 0.6) is 0 Å². The zero-order valence-corrected chi connectivity index (χ0v) is 16.9. The van der Waals surface area contributed by atoms with E-state index in [1.165, 1.54) is 10.6 Å². The van der Waals surface area contributed by atoms with Crippen LogP contribution in [0.25, 0.3) is 0 Å². The third kappa shape index (κ3) is 4.42. The summed E-state index contributed by atoms with van der Waals surface area (Å²) in [5.41, 5.74) is 3.55. The van der Waals surface area contributed by atoms with Crippen LogP contribution in [0.3, 0.4) is 0 Å². The Morgan fingerprint density at radius 3 is 2.46 bits per heavy atom. The van der Waals surface area contributed by atoms with Gasteiger partial charge in [-0.05, 0) is 23.3 Å². The molecule has 2 aromatic carbocycles. The Kier molecular flexibility index (Phi) is 6.02. The van der Waals surface area contributed by atoms with Crippen LogP contribution in [-0.4, -0.2) is 47.3 Å². The largest absolute Gasteiger partial charge is 0.452 e. The number of benzene rings is 2. The average molecular weight is 413 g/mol. The average Bonchev–Trinajstić information content (AvgIpc) is 3.45. The monoisotopic (exact) mass is 412 g/mol. The van der Waals surface area contributed by atoms with Gasteiger partial charge in [-0.2, -0.15) is 5.10 Å². The summed E-state index contributed by atoms with van der Waals surface area (Å²) in [6.45, 7) is 0.201. The van der Waals surface area contributed by atoms with Gasteiger partial charge in [-0.15, -0.1) is 23.5 Å². The number of rotatable bonds is 5. The van der Waals surface area contributed by atoms with Gasteiger partial charge in [0, 0.05) is 17.9 Å². The van der Waals surface area contributed by atoms with Crippen molar-refractivity contribution in [3.8, 4) is 0 Å². The Balaban J connectivity index is 1.31. The van der Waals surface area contributed by atoms with E-state index >= 15 is 0 Å². The molecule has 0 radical (unpaired) electrons. The maximum Gasteiger partial charge on any atom is 0.338 e. The first-order valence-electron chi connectivity index (χ1n) is 9.14. The molecule has 0 bridgehead atoms. The molecule has 2 aromatic rings. The van der Waals surface area contributed by atoms with Crippen LogP contribution >= 0.6 is 23.5 Å². The van der Waals surface area contributed by atoms with Gasteiger partial charge >= 0.3 is 5.97 Å². The van der Waals surface area contributed by atoms with E-state index in [0.29, 0.717) is 23.1 Å². The number of nitrogens with zero attached hydrogens (tertiary/aromatic N) is 2. The van der Waals surface area contributed by atoms with Crippen LogP contribution in [0.15, 0.2) is 59.7 Å². The minimum absolute atomic E-state index is 0.305. The van der Waals surface area contributed by atoms with Crippen molar-refractivity contribution >= 4 is 41.1 Å². The third-order valence-corrected chi connectivity index (χ3v) is 7.67. The lowest BCUT2D eigenvalue weighted by Crippen LogP contribution is -2.28. The quantitative estimate of drug-likeness (QED) is 0.696. The molecule has 2 aliphatic heterocycles. The number of hydrogen-bond donors (Lipinski definition) is 0. The fourth-order valence-corrected chi connectivity index (χ4v) is 5.94. The highest BCUT2D eigenvalue weighted by atomic mass is 32.2. The van der Waals surface area contributed by atoms with Crippen molar-refractivity contribution in [1.82, 2.24) is 5.01 Å². The van der Waals surface area contributed by atoms with Crippen molar-refractivity contribution in [3.63, 3.8) is 0 Å². The van der Waals surface area contributed by atoms with Crippen LogP contribution < -0.4 is 0 Å². The molecule has 4 rings (SSSR count). The van der Waals surface area contributed by atoms with Crippen molar-refractivity contribution in [3.05, 3.63) is 71.3 Å². The molecule has 0 saturated carbocycles. The molecule has 0 unspecified atom stereocenters. The molecule has 2 heterocycles. The molecule has 0 atom stereocenters. The number of carbonyl (C=O) groups excluding carboxylic acids is 2. The van der Waals surface area contributed by atoms with Crippen molar-refractivity contribution in [2.75, 3.05) is 24.7 Å². The minimum atomic E-state index is -0.488. The highest BCUT2D eigenvalue weighted by molar-refractivity contribution is 8.19. The first kappa shape index (κ1) is 19.1. The number of hydrazone groups is 1. The van der Waals surface area contributed by atoms with Crippen LogP contribution in [0, 0.1) is 0 Å². The number of esters is 1. The van der Waals surface area contributed by atoms with Crippen molar-refractivity contribution < 1.29 is 14.3 Å². The molecule has 5 nitrogen and oxygen atoms in total. The maximum absolute atomic E-state index is 12.3. The molecule has 144 valence electrons. The lowest BCUT2D eigenvalue weighted by molar-refractivity contribution is -0.134. The van der Waals surface area contributed by atoms with Gasteiger partial charge in [0.05, 0.1) is 22.4 Å². The van der Waals surface area contributed by atoms with E-state index in [-0.39, 0.29) is 12.5 Å². The van der Waals surface area contributed by atoms with Crippen molar-refractivity contribution in [2.24, 2.45) is 5.10 Å². The van der Waals surface area contributed by atoms with E-state index in [1.807, 2.05) is 66.0 Å². The molecule has 28 heavy (non-hydrogen) atoms. The summed E-state index contributed by atoms with van der Waals surface area (Å²) < 4.78 is 5.64. The highest BCUT2D eigenvalue weighted by Gasteiger charge is 2.23. The molecule has 0 aliphatic carbocycles. The standard InChI is InChI=1S/C21H20N2O3S2/c24-19(23-11-10-18(22-23)15-4-2-1-3-5-15)14-26-20(25)16-6-8-17(9-7-16)21-27-12-13-28-21/h1-9,21H,10-14H2. The van der Waals surface area contributed by atoms with Gasteiger partial charge in [-0.25, -0.2) is 9.80 Å². The third-order valence-electron chi connectivity index (χ3n) is 4.56. The fourth-order valence-electron chi connectivity index (χ4n) is 3.08. The molecule has 7 heteroatoms. The van der Waals surface area contributed by atoms with Gasteiger partial charge in [-0.3, -0.25) is 4.79 Å². The number of carbonyl (C=O) groups is 2. The molecule has 0 aromatic heterocycles. The van der Waals surface area contributed by atoms with E-state index in [0.717, 1.165) is 22.8 Å². The van der Waals surface area contributed by atoms with Gasteiger partial charge in [-0.1, -0.05) is 42.5 Å². The van der Waals surface area contributed by atoms with Gasteiger partial charge in [0.15, 0.2) is 6.61 Å². The summed E-state index contributed by atoms with van der Waals surface area (Å²) >= 11 is 3.84. The Bertz CT molecular complexity index is 878. The molecule has 1 amide bonds. The van der Waals surface area contributed by atoms with Gasteiger partial charge in [0.1, 0.15) is 0 Å². The van der Waals surface area contributed by atoms with E-state index in [9.17, 15) is 9.59 Å². The topological polar surface area (TPSA) is 59.0 Å². The predicted molar refractivity (Wildman–Crippen MR) is 114 cm³/mol. The second-order valence-electron chi connectivity index (χ2n) is 6.45. The fraction of sp³-hybridized carbons (Fsp3) is 0.286. The molecule has 1 fully saturated rings. The van der Waals surface area contributed by atoms with Gasteiger partial charge in [0.25, 0.3) is 5.91 Å². The first-order valence-corrected chi connectivity index (χ1v) is 11.2. The summed E-state index contributed by atoms with van der Waals surface area (Å²) in [6.07, 6.45) is 0.697. The molecule has 0 N–H and O–H groups in total. The molecule has 1 saturated heterocycles. The van der Waals surface area contributed by atoms with Crippen LogP contribution in [0.4, 0.5) is 0 Å². The zero-order valence-electron chi connectivity index (χ0n) is 15.2. The lowest BCUT2D eigenvalue weighted by Gasteiger charge is -2.12. The normalized spacial score (nSPS) is 16.9. The predicted octanol–water partition coefficient (Wildman–Crippen LogP) is 3.96. The van der Waals surface area contributed by atoms with Crippen LogP contribution in [0.2, 0.25) is 0 Å². The number of thioether (sulfide) groups is 2. The summed E-state index contributed by atoms with van der Waals surface area (Å²) in [5.74, 6) is 1.52. The Morgan fingerprint density at radius 1 is 1.04 bits per heavy atom. The smallest absolute Gasteiger partial charge is 0.338 e. The van der Waals surface area contributed by atoms with E-state index in [4.69, 9.17) is 4.74 Å². The molecular formula is C21H20N2O3S2. The Labute approximate surface area is 172 Å². The summed E-state index contributed by atoms with van der Waals surface area (Å²) in [7, 11) is 0. The van der Waals surface area contributed by atoms with Crippen molar-refractivity contribution in [2.45, 2.75) is 11.0 Å². The highest BCUT2D eigenvalue weighted by Crippen LogP contribution is 2.45. The number of hydrogen-bond acceptors (Lipinski definition) is 6. The SMILES string of the molecule is O=C(OCC(=O)N1CCC(c2ccccc2)=N1)c1ccc(C2SCCS2)cc1. The summed E-state index contributed by atoms with van der Waals surface area (Å²) in [4.78, 5) is 24.6. The van der Waals surface area contributed by atoms with Crippen LogP contribution in [0.1, 0.15) is 32.5 Å². The zero-order chi connectivity index (χ0) is 19.3. The van der Waals surface area contributed by atoms with Gasteiger partial charge in [0.2, 0.25) is 0 Å². The van der Waals surface area contributed by atoms with Gasteiger partial charge < -0.3 is 4.74 Å². The van der Waals surface area contributed by atoms with Crippen LogP contribution in [-0.2, 0) is 9.53 Å². The second-order valence-corrected chi connectivity index (χ2v) is 9.18. The summed E-state index contributed by atoms with van der Waals surface area (Å²) in [6, 6.07) is 17.2. The number of amides is 1. The van der Waals surface area contributed by atoms with E-state index < -0.39 is 5.97 Å². The Hall–Kier alpha value is -2.25. The Morgan fingerprint density at radius 2 is 1.75 bits per heavy atom. The summed E-state index contributed by atoms with van der Waals surface area (Å²) in [5, 5.41) is 5.75. The minimum Gasteiger partial charge on any atom is -0.452 e. The molecular weight excluding hydrogens is 392 g/mol. The first-order chi connectivity index (χ1) is 13.7. The number of ether oxygens (including phenoxy) is 1. The second kappa shape index (κ2) is 8.84. The lowest BCUT2D eigenvalue weighted by atomic mass is 10.1. The van der Waals surface area contributed by atoms with E-state index in [1.54, 1.807) is 12.1 Å². The molecule has 2 aliphatic rings. The van der Waals surface area contributed by atoms with E-state index in [2.05, 4.69) is 5.10 Å². The molecule has 0 spiro atoms. The maximum atomic E-state index is 12.3.